The first-order chi connectivity index (χ1) is 7.13. The van der Waals surface area contributed by atoms with E-state index in [-0.39, 0.29) is 0 Å². The molecule has 1 rings (SSSR count). The predicted molar refractivity (Wildman–Crippen MR) is 73.8 cm³/mol. The molecule has 0 fully saturated rings. The molecule has 0 atom stereocenters. The van der Waals surface area contributed by atoms with E-state index in [1.54, 1.807) is 0 Å². The summed E-state index contributed by atoms with van der Waals surface area (Å²) < 4.78 is 1.28. The van der Waals surface area contributed by atoms with E-state index in [0.717, 1.165) is 19.6 Å². The highest BCUT2D eigenvalue weighted by molar-refractivity contribution is 14.1. The number of nitrogens with zero attached hydrogens (tertiary/aromatic N) is 1. The van der Waals surface area contributed by atoms with Crippen LogP contribution in [0, 0.1) is 3.57 Å². The summed E-state index contributed by atoms with van der Waals surface area (Å²) in [6.07, 6.45) is 0. The molecule has 0 bridgehead atoms. The Bertz CT molecular complexity index is 282. The molecule has 0 saturated carbocycles. The van der Waals surface area contributed by atoms with Gasteiger partial charge in [-0.1, -0.05) is 12.1 Å². The topological polar surface area (TPSA) is 29.3 Å². The van der Waals surface area contributed by atoms with E-state index in [9.17, 15) is 0 Å². The summed E-state index contributed by atoms with van der Waals surface area (Å²) in [5.74, 6) is 0. The number of rotatable bonds is 5. The van der Waals surface area contributed by atoms with Crippen LogP contribution in [0.5, 0.6) is 0 Å². The van der Waals surface area contributed by atoms with Gasteiger partial charge in [0.05, 0.1) is 0 Å². The summed E-state index contributed by atoms with van der Waals surface area (Å²) in [4.78, 5) is 2.39. The molecule has 0 aliphatic rings. The largest absolute Gasteiger partial charge is 0.329 e. The van der Waals surface area contributed by atoms with E-state index in [1.807, 2.05) is 0 Å². The van der Waals surface area contributed by atoms with Crippen LogP contribution in [0.2, 0.25) is 0 Å². The molecule has 2 N–H and O–H groups in total. The first-order valence-electron chi connectivity index (χ1n) is 5.32. The van der Waals surface area contributed by atoms with Crippen molar-refractivity contribution in [3.8, 4) is 0 Å². The van der Waals surface area contributed by atoms with Gasteiger partial charge in [0.25, 0.3) is 0 Å². The van der Waals surface area contributed by atoms with Gasteiger partial charge in [0.2, 0.25) is 0 Å². The average molecular weight is 318 g/mol. The van der Waals surface area contributed by atoms with Crippen molar-refractivity contribution >= 4 is 22.6 Å². The van der Waals surface area contributed by atoms with Gasteiger partial charge >= 0.3 is 0 Å². The normalized spacial score (nSPS) is 11.3. The monoisotopic (exact) mass is 318 g/mol. The van der Waals surface area contributed by atoms with Crippen molar-refractivity contribution in [2.24, 2.45) is 5.73 Å². The van der Waals surface area contributed by atoms with E-state index < -0.39 is 0 Å². The van der Waals surface area contributed by atoms with Gasteiger partial charge in [0.1, 0.15) is 0 Å². The number of hydrogen-bond acceptors (Lipinski definition) is 2. The molecular weight excluding hydrogens is 299 g/mol. The number of benzene rings is 1. The second-order valence-corrected chi connectivity index (χ2v) is 5.22. The first-order valence-corrected chi connectivity index (χ1v) is 6.40. The summed E-state index contributed by atoms with van der Waals surface area (Å²) in [5.41, 5.74) is 6.96. The van der Waals surface area contributed by atoms with Crippen molar-refractivity contribution < 1.29 is 0 Å². The SMILES string of the molecule is CC(C)N(CCN)Cc1ccc(I)cc1. The van der Waals surface area contributed by atoms with Crippen LogP contribution in [0.3, 0.4) is 0 Å². The molecule has 3 heteroatoms. The van der Waals surface area contributed by atoms with Crippen molar-refractivity contribution in [2.45, 2.75) is 26.4 Å². The molecule has 0 aliphatic heterocycles. The summed E-state index contributed by atoms with van der Waals surface area (Å²) in [6, 6.07) is 9.22. The van der Waals surface area contributed by atoms with Crippen LogP contribution in [-0.2, 0) is 6.54 Å². The molecule has 1 aromatic rings. The molecule has 0 saturated heterocycles. The molecule has 0 spiro atoms. The first kappa shape index (κ1) is 12.9. The standard InChI is InChI=1S/C12H19IN2/c1-10(2)15(8-7-14)9-11-3-5-12(13)6-4-11/h3-6,10H,7-9,14H2,1-2H3. The Labute approximate surface area is 106 Å². The zero-order valence-electron chi connectivity index (χ0n) is 9.41. The number of hydrogen-bond donors (Lipinski definition) is 1. The molecule has 0 aromatic heterocycles. The zero-order valence-corrected chi connectivity index (χ0v) is 11.6. The molecule has 0 radical (unpaired) electrons. The maximum atomic E-state index is 5.60. The molecule has 2 nitrogen and oxygen atoms in total. The van der Waals surface area contributed by atoms with Crippen LogP contribution in [0.4, 0.5) is 0 Å². The maximum Gasteiger partial charge on any atom is 0.0236 e. The predicted octanol–water partition coefficient (Wildman–Crippen LogP) is 2.46. The molecule has 84 valence electrons. The van der Waals surface area contributed by atoms with Crippen LogP contribution in [-0.4, -0.2) is 24.0 Å². The lowest BCUT2D eigenvalue weighted by Crippen LogP contribution is -2.34. The van der Waals surface area contributed by atoms with Gasteiger partial charge in [-0.25, -0.2) is 0 Å². The zero-order chi connectivity index (χ0) is 11.3. The van der Waals surface area contributed by atoms with Gasteiger partial charge in [0, 0.05) is 29.2 Å². The fraction of sp³-hybridized carbons (Fsp3) is 0.500. The van der Waals surface area contributed by atoms with Gasteiger partial charge in [-0.3, -0.25) is 4.90 Å². The van der Waals surface area contributed by atoms with Gasteiger partial charge in [-0.2, -0.15) is 0 Å². The molecule has 15 heavy (non-hydrogen) atoms. The Balaban J connectivity index is 2.61. The maximum absolute atomic E-state index is 5.60. The van der Waals surface area contributed by atoms with Gasteiger partial charge < -0.3 is 5.73 Å². The Morgan fingerprint density at radius 2 is 1.87 bits per heavy atom. The van der Waals surface area contributed by atoms with Crippen LogP contribution >= 0.6 is 22.6 Å². The molecule has 0 unspecified atom stereocenters. The van der Waals surface area contributed by atoms with Crippen molar-refractivity contribution in [1.29, 1.82) is 0 Å². The second-order valence-electron chi connectivity index (χ2n) is 3.98. The molecule has 0 heterocycles. The van der Waals surface area contributed by atoms with Crippen molar-refractivity contribution in [3.05, 3.63) is 33.4 Å². The van der Waals surface area contributed by atoms with Crippen LogP contribution < -0.4 is 5.73 Å². The smallest absolute Gasteiger partial charge is 0.0236 e. The van der Waals surface area contributed by atoms with Gasteiger partial charge in [-0.15, -0.1) is 0 Å². The second kappa shape index (κ2) is 6.45. The lowest BCUT2D eigenvalue weighted by atomic mass is 10.2. The Hall–Kier alpha value is -0.130. The minimum Gasteiger partial charge on any atom is -0.329 e. The molecule has 0 aliphatic carbocycles. The Kier molecular flexibility index (Phi) is 5.56. The molecular formula is C12H19IN2. The quantitative estimate of drug-likeness (QED) is 0.845. The minimum absolute atomic E-state index is 0.549. The third kappa shape index (κ3) is 4.49. The lowest BCUT2D eigenvalue weighted by molar-refractivity contribution is 0.219. The third-order valence-corrected chi connectivity index (χ3v) is 3.16. The number of nitrogens with two attached hydrogens (primary N) is 1. The van der Waals surface area contributed by atoms with Crippen molar-refractivity contribution in [1.82, 2.24) is 4.90 Å². The summed E-state index contributed by atoms with van der Waals surface area (Å²) >= 11 is 2.33. The van der Waals surface area contributed by atoms with Crippen molar-refractivity contribution in [2.75, 3.05) is 13.1 Å². The highest BCUT2D eigenvalue weighted by Crippen LogP contribution is 2.10. The summed E-state index contributed by atoms with van der Waals surface area (Å²) in [6.45, 7) is 7.10. The average Bonchev–Trinajstić information content (AvgIpc) is 2.20. The fourth-order valence-corrected chi connectivity index (χ4v) is 1.87. The summed E-state index contributed by atoms with van der Waals surface area (Å²) in [5, 5.41) is 0. The fourth-order valence-electron chi connectivity index (χ4n) is 1.51. The number of halogens is 1. The molecule has 0 amide bonds. The van der Waals surface area contributed by atoms with E-state index in [1.165, 1.54) is 9.13 Å². The van der Waals surface area contributed by atoms with E-state index in [0.29, 0.717) is 6.04 Å². The van der Waals surface area contributed by atoms with Crippen LogP contribution in [0.1, 0.15) is 19.4 Å². The van der Waals surface area contributed by atoms with Crippen LogP contribution in [0.15, 0.2) is 24.3 Å². The minimum atomic E-state index is 0.549. The van der Waals surface area contributed by atoms with Crippen LogP contribution in [0.25, 0.3) is 0 Å². The Morgan fingerprint density at radius 3 is 2.33 bits per heavy atom. The highest BCUT2D eigenvalue weighted by Gasteiger charge is 2.08. The van der Waals surface area contributed by atoms with Gasteiger partial charge in [-0.05, 0) is 54.1 Å². The van der Waals surface area contributed by atoms with Gasteiger partial charge in [0.15, 0.2) is 0 Å². The van der Waals surface area contributed by atoms with E-state index >= 15 is 0 Å². The Morgan fingerprint density at radius 1 is 1.27 bits per heavy atom. The molecule has 1 aromatic carbocycles. The lowest BCUT2D eigenvalue weighted by Gasteiger charge is -2.25. The van der Waals surface area contributed by atoms with E-state index in [2.05, 4.69) is 65.6 Å². The third-order valence-electron chi connectivity index (χ3n) is 2.45. The highest BCUT2D eigenvalue weighted by atomic mass is 127. The summed E-state index contributed by atoms with van der Waals surface area (Å²) in [7, 11) is 0. The van der Waals surface area contributed by atoms with Crippen molar-refractivity contribution in [3.63, 3.8) is 0 Å². The van der Waals surface area contributed by atoms with E-state index in [4.69, 9.17) is 5.73 Å².